The minimum atomic E-state index is -0.981. The van der Waals surface area contributed by atoms with Gasteiger partial charge in [-0.3, -0.25) is 19.4 Å². The van der Waals surface area contributed by atoms with Gasteiger partial charge in [0.05, 0.1) is 23.6 Å². The van der Waals surface area contributed by atoms with Crippen LogP contribution < -0.4 is 11.1 Å². The molecule has 0 aliphatic rings. The molecular weight excluding hydrogens is 322 g/mol. The summed E-state index contributed by atoms with van der Waals surface area (Å²) in [4.78, 5) is 40.2. The molecule has 1 heterocycles. The lowest BCUT2D eigenvalue weighted by Gasteiger charge is -2.19. The number of nitrogens with one attached hydrogen (secondary N) is 1. The molecule has 0 fully saturated rings. The van der Waals surface area contributed by atoms with Gasteiger partial charge in [0, 0.05) is 11.6 Å². The molecule has 1 aromatic heterocycles. The first kappa shape index (κ1) is 18.4. The summed E-state index contributed by atoms with van der Waals surface area (Å²) in [5.74, 6) is -2.18. The van der Waals surface area contributed by atoms with Gasteiger partial charge in [-0.2, -0.15) is 0 Å². The number of amides is 2. The Balaban J connectivity index is 2.17. The van der Waals surface area contributed by atoms with Gasteiger partial charge in [-0.05, 0) is 25.5 Å². The molecule has 0 aliphatic carbocycles. The zero-order chi connectivity index (χ0) is 18.4. The first-order valence-corrected chi connectivity index (χ1v) is 8.04. The van der Waals surface area contributed by atoms with Crippen LogP contribution in [-0.2, 0) is 14.3 Å². The second-order valence-electron chi connectivity index (χ2n) is 5.70. The van der Waals surface area contributed by atoms with E-state index in [-0.39, 0.29) is 13.0 Å². The van der Waals surface area contributed by atoms with E-state index in [2.05, 4.69) is 10.3 Å². The molecule has 0 spiro atoms. The van der Waals surface area contributed by atoms with E-state index in [1.54, 1.807) is 38.2 Å². The van der Waals surface area contributed by atoms with Crippen molar-refractivity contribution in [2.75, 3.05) is 6.61 Å². The second kappa shape index (κ2) is 8.23. The number of para-hydroxylation sites is 1. The van der Waals surface area contributed by atoms with Gasteiger partial charge in [-0.15, -0.1) is 0 Å². The van der Waals surface area contributed by atoms with Gasteiger partial charge in [0.1, 0.15) is 6.04 Å². The smallest absolute Gasteiger partial charge is 0.308 e. The Morgan fingerprint density at radius 3 is 2.64 bits per heavy atom. The highest BCUT2D eigenvalue weighted by Crippen LogP contribution is 2.16. The molecule has 2 rings (SSSR count). The molecule has 7 nitrogen and oxygen atoms in total. The van der Waals surface area contributed by atoms with Crippen molar-refractivity contribution >= 4 is 28.7 Å². The monoisotopic (exact) mass is 343 g/mol. The largest absolute Gasteiger partial charge is 0.466 e. The van der Waals surface area contributed by atoms with Gasteiger partial charge in [-0.25, -0.2) is 0 Å². The Bertz CT molecular complexity index is 785. The molecule has 7 heteroatoms. The summed E-state index contributed by atoms with van der Waals surface area (Å²) >= 11 is 0. The number of ether oxygens (including phenoxy) is 1. The molecule has 2 aromatic rings. The van der Waals surface area contributed by atoms with Crippen molar-refractivity contribution in [2.45, 2.75) is 26.3 Å². The van der Waals surface area contributed by atoms with E-state index in [4.69, 9.17) is 10.5 Å². The van der Waals surface area contributed by atoms with Crippen LogP contribution in [0.2, 0.25) is 0 Å². The maximum atomic E-state index is 12.6. The Kier molecular flexibility index (Phi) is 6.05. The normalized spacial score (nSPS) is 13.0. The van der Waals surface area contributed by atoms with Crippen LogP contribution in [0.5, 0.6) is 0 Å². The predicted molar refractivity (Wildman–Crippen MR) is 92.6 cm³/mol. The van der Waals surface area contributed by atoms with Crippen LogP contribution in [0.15, 0.2) is 36.5 Å². The topological polar surface area (TPSA) is 111 Å². The van der Waals surface area contributed by atoms with E-state index in [9.17, 15) is 14.4 Å². The van der Waals surface area contributed by atoms with Crippen LogP contribution >= 0.6 is 0 Å². The summed E-state index contributed by atoms with van der Waals surface area (Å²) < 4.78 is 4.92. The van der Waals surface area contributed by atoms with Crippen molar-refractivity contribution in [3.63, 3.8) is 0 Å². The Morgan fingerprint density at radius 2 is 1.96 bits per heavy atom. The number of primary amides is 1. The number of hydrogen-bond acceptors (Lipinski definition) is 5. The first-order valence-electron chi connectivity index (χ1n) is 8.04. The lowest BCUT2D eigenvalue weighted by atomic mass is 10.0. The van der Waals surface area contributed by atoms with E-state index < -0.39 is 29.7 Å². The molecule has 1 aromatic carbocycles. The second-order valence-corrected chi connectivity index (χ2v) is 5.70. The van der Waals surface area contributed by atoms with E-state index >= 15 is 0 Å². The van der Waals surface area contributed by atoms with Crippen LogP contribution in [0, 0.1) is 5.92 Å². The number of esters is 1. The fraction of sp³-hybridized carbons (Fsp3) is 0.333. The van der Waals surface area contributed by atoms with Gasteiger partial charge in [-0.1, -0.05) is 25.1 Å². The number of nitrogens with two attached hydrogens (primary N) is 1. The molecule has 2 atom stereocenters. The molecular formula is C18H21N3O4. The Morgan fingerprint density at radius 1 is 1.24 bits per heavy atom. The van der Waals surface area contributed by atoms with Crippen molar-refractivity contribution in [1.29, 1.82) is 0 Å². The summed E-state index contributed by atoms with van der Waals surface area (Å²) in [7, 11) is 0. The molecule has 0 radical (unpaired) electrons. The number of carbonyl (C=O) groups is 3. The highest BCUT2D eigenvalue weighted by molar-refractivity contribution is 6.06. The third-order valence-electron chi connectivity index (χ3n) is 3.80. The number of rotatable bonds is 7. The van der Waals surface area contributed by atoms with Crippen LogP contribution in [0.4, 0.5) is 0 Å². The van der Waals surface area contributed by atoms with Gasteiger partial charge in [0.2, 0.25) is 5.91 Å². The zero-order valence-corrected chi connectivity index (χ0v) is 14.2. The standard InChI is InChI=1S/C18H21N3O4/c1-3-25-18(24)11(2)10-14(16(19)22)21-17(23)13-8-4-6-12-7-5-9-20-15(12)13/h4-9,11,14H,3,10H2,1-2H3,(H2,19,22)(H,21,23)/t11-,14+/m1/s1. The molecule has 25 heavy (non-hydrogen) atoms. The number of nitrogens with zero attached hydrogens (tertiary/aromatic N) is 1. The number of pyridine rings is 1. The summed E-state index contributed by atoms with van der Waals surface area (Å²) in [6, 6.07) is 7.83. The maximum Gasteiger partial charge on any atom is 0.308 e. The van der Waals surface area contributed by atoms with Gasteiger partial charge in [0.25, 0.3) is 5.91 Å². The van der Waals surface area contributed by atoms with Gasteiger partial charge < -0.3 is 15.8 Å². The van der Waals surface area contributed by atoms with Gasteiger partial charge in [0.15, 0.2) is 0 Å². The minimum absolute atomic E-state index is 0.0676. The van der Waals surface area contributed by atoms with Crippen molar-refractivity contribution in [1.82, 2.24) is 10.3 Å². The number of benzene rings is 1. The number of aromatic nitrogens is 1. The Hall–Kier alpha value is -2.96. The highest BCUT2D eigenvalue weighted by atomic mass is 16.5. The van der Waals surface area contributed by atoms with Crippen molar-refractivity contribution in [3.8, 4) is 0 Å². The van der Waals surface area contributed by atoms with Crippen molar-refractivity contribution < 1.29 is 19.1 Å². The van der Waals surface area contributed by atoms with Crippen LogP contribution in [0.3, 0.4) is 0 Å². The van der Waals surface area contributed by atoms with Crippen molar-refractivity contribution in [2.24, 2.45) is 11.7 Å². The molecule has 0 unspecified atom stereocenters. The predicted octanol–water partition coefficient (Wildman–Crippen LogP) is 1.41. The highest BCUT2D eigenvalue weighted by Gasteiger charge is 2.26. The minimum Gasteiger partial charge on any atom is -0.466 e. The summed E-state index contributed by atoms with van der Waals surface area (Å²) in [6.45, 7) is 3.57. The van der Waals surface area contributed by atoms with E-state index in [0.29, 0.717) is 11.1 Å². The molecule has 132 valence electrons. The summed E-state index contributed by atoms with van der Waals surface area (Å²) in [5.41, 5.74) is 6.25. The van der Waals surface area contributed by atoms with Crippen LogP contribution in [0.1, 0.15) is 30.6 Å². The average Bonchev–Trinajstić information content (AvgIpc) is 2.60. The Labute approximate surface area is 145 Å². The molecule has 3 N–H and O–H groups in total. The molecule has 0 aliphatic heterocycles. The third kappa shape index (κ3) is 4.53. The quantitative estimate of drug-likeness (QED) is 0.738. The SMILES string of the molecule is CCOC(=O)[C@H](C)C[C@H](NC(=O)c1cccc2cccnc12)C(N)=O. The number of hydrogen-bond donors (Lipinski definition) is 2. The lowest BCUT2D eigenvalue weighted by molar-refractivity contribution is -0.147. The molecule has 0 bridgehead atoms. The fourth-order valence-corrected chi connectivity index (χ4v) is 2.50. The average molecular weight is 343 g/mol. The van der Waals surface area contributed by atoms with E-state index in [1.807, 2.05) is 12.1 Å². The zero-order valence-electron chi connectivity index (χ0n) is 14.2. The summed E-state index contributed by atoms with van der Waals surface area (Å²) in [6.07, 6.45) is 1.66. The third-order valence-corrected chi connectivity index (χ3v) is 3.80. The lowest BCUT2D eigenvalue weighted by Crippen LogP contribution is -2.46. The molecule has 0 saturated carbocycles. The van der Waals surface area contributed by atoms with Crippen molar-refractivity contribution in [3.05, 3.63) is 42.1 Å². The van der Waals surface area contributed by atoms with Crippen LogP contribution in [-0.4, -0.2) is 35.4 Å². The number of fused-ring (bicyclic) bond motifs is 1. The van der Waals surface area contributed by atoms with E-state index in [0.717, 1.165) is 5.39 Å². The number of carbonyl (C=O) groups excluding carboxylic acids is 3. The van der Waals surface area contributed by atoms with Gasteiger partial charge >= 0.3 is 5.97 Å². The molecule has 0 saturated heterocycles. The maximum absolute atomic E-state index is 12.6. The fourth-order valence-electron chi connectivity index (χ4n) is 2.50. The molecule has 2 amide bonds. The van der Waals surface area contributed by atoms with Crippen LogP contribution in [0.25, 0.3) is 10.9 Å². The first-order chi connectivity index (χ1) is 11.9. The summed E-state index contributed by atoms with van der Waals surface area (Å²) in [5, 5.41) is 3.40. The van der Waals surface area contributed by atoms with E-state index in [1.165, 1.54) is 0 Å².